The smallest absolute Gasteiger partial charge is 0.251 e. The van der Waals surface area contributed by atoms with Gasteiger partial charge in [0, 0.05) is 11.6 Å². The van der Waals surface area contributed by atoms with Crippen LogP contribution in [0.2, 0.25) is 0 Å². The van der Waals surface area contributed by atoms with Crippen molar-refractivity contribution in [2.75, 3.05) is 18.8 Å². The number of carbonyl (C=O) groups excluding carboxylic acids is 1. The van der Waals surface area contributed by atoms with E-state index in [-0.39, 0.29) is 0 Å². The zero-order valence-corrected chi connectivity index (χ0v) is 10.6. The van der Waals surface area contributed by atoms with Gasteiger partial charge in [0.05, 0.1) is 11.1 Å². The summed E-state index contributed by atoms with van der Waals surface area (Å²) < 4.78 is 0. The van der Waals surface area contributed by atoms with Gasteiger partial charge in [0.25, 0.3) is 5.91 Å². The van der Waals surface area contributed by atoms with Crippen molar-refractivity contribution >= 4 is 22.6 Å². The highest BCUT2D eigenvalue weighted by Gasteiger charge is 2.20. The predicted octanol–water partition coefficient (Wildman–Crippen LogP) is 0.711. The number of fused-ring (bicyclic) bond motifs is 1. The molecule has 0 bridgehead atoms. The Bertz CT molecular complexity index is 627. The van der Waals surface area contributed by atoms with Crippen molar-refractivity contribution in [3.05, 3.63) is 23.5 Å². The second kappa shape index (κ2) is 4.55. The van der Waals surface area contributed by atoms with Crippen LogP contribution in [0.4, 0.5) is 5.69 Å². The Hall–Kier alpha value is -2.08. The van der Waals surface area contributed by atoms with E-state index in [1.165, 1.54) is 0 Å². The number of imidazole rings is 1. The number of primary amides is 1. The molecule has 0 unspecified atom stereocenters. The number of amides is 1. The molecule has 0 saturated carbocycles. The Morgan fingerprint density at radius 2 is 2.05 bits per heavy atom. The summed E-state index contributed by atoms with van der Waals surface area (Å²) in [5, 5.41) is 3.32. The van der Waals surface area contributed by atoms with Crippen molar-refractivity contribution in [2.24, 2.45) is 5.73 Å². The number of benzene rings is 1. The minimum atomic E-state index is -0.499. The summed E-state index contributed by atoms with van der Waals surface area (Å²) in [6, 6.07) is 3.37. The summed E-state index contributed by atoms with van der Waals surface area (Å²) in [6.07, 6.45) is 2.09. The molecule has 6 N–H and O–H groups in total. The average Bonchev–Trinajstić information content (AvgIpc) is 2.82. The van der Waals surface area contributed by atoms with Gasteiger partial charge in [0.2, 0.25) is 0 Å². The first kappa shape index (κ1) is 12.0. The second-order valence-corrected chi connectivity index (χ2v) is 4.98. The molecule has 1 fully saturated rings. The minimum absolute atomic E-state index is 0.381. The third-order valence-corrected chi connectivity index (χ3v) is 3.62. The van der Waals surface area contributed by atoms with Crippen molar-refractivity contribution in [3.8, 4) is 0 Å². The van der Waals surface area contributed by atoms with Gasteiger partial charge < -0.3 is 21.8 Å². The van der Waals surface area contributed by atoms with Gasteiger partial charge in [-0.2, -0.15) is 0 Å². The summed E-state index contributed by atoms with van der Waals surface area (Å²) in [5.74, 6) is 0.820. The van der Waals surface area contributed by atoms with Gasteiger partial charge in [0.1, 0.15) is 11.3 Å². The van der Waals surface area contributed by atoms with E-state index in [1.54, 1.807) is 12.1 Å². The predicted molar refractivity (Wildman–Crippen MR) is 73.9 cm³/mol. The Morgan fingerprint density at radius 3 is 2.74 bits per heavy atom. The SMILES string of the molecule is NC(=O)c1cc(N)cc2[nH]c(C3CCNCC3)nc12. The van der Waals surface area contributed by atoms with Crippen LogP contribution in [0.3, 0.4) is 0 Å². The number of aromatic amines is 1. The molecular formula is C13H17N5O. The van der Waals surface area contributed by atoms with E-state index < -0.39 is 5.91 Å². The van der Waals surface area contributed by atoms with E-state index in [2.05, 4.69) is 15.3 Å². The van der Waals surface area contributed by atoms with Crippen LogP contribution in [0, 0.1) is 0 Å². The molecule has 0 aliphatic carbocycles. The van der Waals surface area contributed by atoms with Crippen LogP contribution in [0.1, 0.15) is 34.9 Å². The van der Waals surface area contributed by atoms with Gasteiger partial charge in [-0.3, -0.25) is 4.79 Å². The Labute approximate surface area is 110 Å². The molecule has 2 heterocycles. The maximum Gasteiger partial charge on any atom is 0.251 e. The number of hydrogen-bond acceptors (Lipinski definition) is 4. The number of anilines is 1. The molecule has 19 heavy (non-hydrogen) atoms. The third-order valence-electron chi connectivity index (χ3n) is 3.62. The highest BCUT2D eigenvalue weighted by Crippen LogP contribution is 2.27. The van der Waals surface area contributed by atoms with Crippen LogP contribution >= 0.6 is 0 Å². The first-order chi connectivity index (χ1) is 9.15. The number of nitrogens with two attached hydrogens (primary N) is 2. The Balaban J connectivity index is 2.09. The first-order valence-electron chi connectivity index (χ1n) is 6.45. The molecular weight excluding hydrogens is 242 g/mol. The lowest BCUT2D eigenvalue weighted by Gasteiger charge is -2.20. The zero-order chi connectivity index (χ0) is 13.4. The van der Waals surface area contributed by atoms with Crippen molar-refractivity contribution in [2.45, 2.75) is 18.8 Å². The minimum Gasteiger partial charge on any atom is -0.399 e. The normalized spacial score (nSPS) is 16.8. The van der Waals surface area contributed by atoms with Gasteiger partial charge >= 0.3 is 0 Å². The fourth-order valence-corrected chi connectivity index (χ4v) is 2.64. The van der Waals surface area contributed by atoms with E-state index >= 15 is 0 Å². The Morgan fingerprint density at radius 1 is 1.32 bits per heavy atom. The van der Waals surface area contributed by atoms with Crippen molar-refractivity contribution in [1.82, 2.24) is 15.3 Å². The van der Waals surface area contributed by atoms with Gasteiger partial charge in [-0.15, -0.1) is 0 Å². The number of nitrogen functional groups attached to an aromatic ring is 1. The number of nitrogens with zero attached hydrogens (tertiary/aromatic N) is 1. The van der Waals surface area contributed by atoms with Gasteiger partial charge in [-0.25, -0.2) is 4.98 Å². The standard InChI is InChI=1S/C13H17N5O/c14-8-5-9(12(15)19)11-10(6-8)17-13(18-11)7-1-3-16-4-2-7/h5-7,16H,1-4,14H2,(H2,15,19)(H,17,18). The number of nitrogens with one attached hydrogen (secondary N) is 2. The number of H-pyrrole nitrogens is 1. The maximum absolute atomic E-state index is 11.5. The molecule has 1 aliphatic heterocycles. The van der Waals surface area contributed by atoms with Gasteiger partial charge in [-0.1, -0.05) is 0 Å². The fraction of sp³-hybridized carbons (Fsp3) is 0.385. The van der Waals surface area contributed by atoms with Gasteiger partial charge in [0.15, 0.2) is 0 Å². The average molecular weight is 259 g/mol. The molecule has 0 spiro atoms. The summed E-state index contributed by atoms with van der Waals surface area (Å²) in [4.78, 5) is 19.3. The van der Waals surface area contributed by atoms with Crippen LogP contribution in [-0.4, -0.2) is 29.0 Å². The summed E-state index contributed by atoms with van der Waals surface area (Å²) >= 11 is 0. The van der Waals surface area contributed by atoms with Crippen LogP contribution < -0.4 is 16.8 Å². The number of rotatable bonds is 2. The molecule has 6 heteroatoms. The molecule has 1 aliphatic rings. The highest BCUT2D eigenvalue weighted by molar-refractivity contribution is 6.05. The van der Waals surface area contributed by atoms with E-state index in [0.29, 0.717) is 22.7 Å². The molecule has 1 aromatic carbocycles. The van der Waals surface area contributed by atoms with Crippen molar-refractivity contribution in [1.29, 1.82) is 0 Å². The lowest BCUT2D eigenvalue weighted by atomic mass is 9.98. The van der Waals surface area contributed by atoms with Crippen LogP contribution in [0.25, 0.3) is 11.0 Å². The molecule has 2 aromatic rings. The summed E-state index contributed by atoms with van der Waals surface area (Å²) in [6.45, 7) is 1.99. The quantitative estimate of drug-likeness (QED) is 0.595. The largest absolute Gasteiger partial charge is 0.399 e. The number of hydrogen-bond donors (Lipinski definition) is 4. The highest BCUT2D eigenvalue weighted by atomic mass is 16.1. The van der Waals surface area contributed by atoms with Crippen LogP contribution in [-0.2, 0) is 0 Å². The number of aromatic nitrogens is 2. The van der Waals surface area contributed by atoms with Gasteiger partial charge in [-0.05, 0) is 38.1 Å². The molecule has 0 radical (unpaired) electrons. The van der Waals surface area contributed by atoms with Crippen LogP contribution in [0.15, 0.2) is 12.1 Å². The zero-order valence-electron chi connectivity index (χ0n) is 10.6. The topological polar surface area (TPSA) is 110 Å². The molecule has 1 amide bonds. The van der Waals surface area contributed by atoms with E-state index in [0.717, 1.165) is 37.3 Å². The molecule has 1 saturated heterocycles. The fourth-order valence-electron chi connectivity index (χ4n) is 2.64. The molecule has 0 atom stereocenters. The lowest BCUT2D eigenvalue weighted by Crippen LogP contribution is -2.27. The van der Waals surface area contributed by atoms with Crippen LogP contribution in [0.5, 0.6) is 0 Å². The number of carbonyl (C=O) groups is 1. The Kier molecular flexibility index (Phi) is 2.87. The number of piperidine rings is 1. The van der Waals surface area contributed by atoms with E-state index in [9.17, 15) is 4.79 Å². The first-order valence-corrected chi connectivity index (χ1v) is 6.45. The lowest BCUT2D eigenvalue weighted by molar-refractivity contribution is 0.100. The molecule has 3 rings (SSSR count). The van der Waals surface area contributed by atoms with E-state index in [4.69, 9.17) is 11.5 Å². The molecule has 1 aromatic heterocycles. The molecule has 100 valence electrons. The summed E-state index contributed by atoms with van der Waals surface area (Å²) in [7, 11) is 0. The second-order valence-electron chi connectivity index (χ2n) is 4.98. The van der Waals surface area contributed by atoms with E-state index in [1.807, 2.05) is 0 Å². The summed E-state index contributed by atoms with van der Waals surface area (Å²) in [5.41, 5.74) is 13.5. The maximum atomic E-state index is 11.5. The molecule has 6 nitrogen and oxygen atoms in total. The monoisotopic (exact) mass is 259 g/mol. The van der Waals surface area contributed by atoms with Crippen molar-refractivity contribution in [3.63, 3.8) is 0 Å². The van der Waals surface area contributed by atoms with Crippen molar-refractivity contribution < 1.29 is 4.79 Å². The third kappa shape index (κ3) is 2.15.